The lowest BCUT2D eigenvalue weighted by Crippen LogP contribution is -1.93. The molecule has 0 atom stereocenters. The highest BCUT2D eigenvalue weighted by molar-refractivity contribution is 6.17. The van der Waals surface area contributed by atoms with E-state index >= 15 is 0 Å². The van der Waals surface area contributed by atoms with E-state index in [1.54, 1.807) is 19.5 Å². The third-order valence-corrected chi connectivity index (χ3v) is 2.52. The van der Waals surface area contributed by atoms with Crippen molar-refractivity contribution in [3.8, 4) is 17.1 Å². The van der Waals surface area contributed by atoms with Crippen LogP contribution in [0.5, 0.6) is 5.75 Å². The fourth-order valence-electron chi connectivity index (χ4n) is 1.39. The number of hydrogen-bond donors (Lipinski definition) is 0. The van der Waals surface area contributed by atoms with Gasteiger partial charge < -0.3 is 4.74 Å². The Morgan fingerprint density at radius 2 is 1.88 bits per heavy atom. The third-order valence-electron chi connectivity index (χ3n) is 2.21. The van der Waals surface area contributed by atoms with Gasteiger partial charge in [0.2, 0.25) is 0 Å². The molecule has 82 valence electrons. The Bertz CT molecular complexity index is 471. The average molecular weight is 235 g/mol. The van der Waals surface area contributed by atoms with Gasteiger partial charge in [-0.2, -0.15) is 0 Å². The highest BCUT2D eigenvalue weighted by Gasteiger charge is 2.06. The second-order valence-electron chi connectivity index (χ2n) is 3.25. The number of halogens is 1. The Kier molecular flexibility index (Phi) is 3.37. The van der Waals surface area contributed by atoms with Crippen LogP contribution in [-0.4, -0.2) is 17.1 Å². The smallest absolute Gasteiger partial charge is 0.162 e. The van der Waals surface area contributed by atoms with Crippen LogP contribution in [0.2, 0.25) is 0 Å². The molecule has 0 saturated heterocycles. The lowest BCUT2D eigenvalue weighted by atomic mass is 10.2. The number of benzene rings is 1. The van der Waals surface area contributed by atoms with E-state index in [0.29, 0.717) is 11.7 Å². The summed E-state index contributed by atoms with van der Waals surface area (Å²) in [5.74, 6) is 1.83. The first-order valence-corrected chi connectivity index (χ1v) is 5.39. The molecule has 0 unspecified atom stereocenters. The van der Waals surface area contributed by atoms with Gasteiger partial charge in [0.25, 0.3) is 0 Å². The van der Waals surface area contributed by atoms with E-state index in [1.807, 2.05) is 24.3 Å². The van der Waals surface area contributed by atoms with Gasteiger partial charge in [0.1, 0.15) is 5.75 Å². The number of nitrogens with zero attached hydrogens (tertiary/aromatic N) is 2. The summed E-state index contributed by atoms with van der Waals surface area (Å²) >= 11 is 5.68. The summed E-state index contributed by atoms with van der Waals surface area (Å²) in [6, 6.07) is 7.65. The van der Waals surface area contributed by atoms with E-state index < -0.39 is 0 Å². The van der Waals surface area contributed by atoms with Gasteiger partial charge in [0, 0.05) is 18.0 Å². The minimum absolute atomic E-state index is 0.423. The van der Waals surface area contributed by atoms with Crippen LogP contribution in [0.4, 0.5) is 0 Å². The minimum atomic E-state index is 0.423. The molecular formula is C12H11ClN2O. The first-order valence-electron chi connectivity index (χ1n) is 4.85. The largest absolute Gasteiger partial charge is 0.496 e. The highest BCUT2D eigenvalue weighted by atomic mass is 35.5. The number of methoxy groups -OCH3 is 1. The van der Waals surface area contributed by atoms with Gasteiger partial charge in [0.15, 0.2) is 5.82 Å². The summed E-state index contributed by atoms with van der Waals surface area (Å²) in [5.41, 5.74) is 1.78. The van der Waals surface area contributed by atoms with Crippen molar-refractivity contribution in [2.45, 2.75) is 5.88 Å². The molecule has 0 spiro atoms. The second kappa shape index (κ2) is 4.94. The molecular weight excluding hydrogens is 224 g/mol. The molecule has 16 heavy (non-hydrogen) atoms. The molecule has 0 aliphatic rings. The topological polar surface area (TPSA) is 35.0 Å². The van der Waals surface area contributed by atoms with Crippen molar-refractivity contribution in [1.29, 1.82) is 0 Å². The summed E-state index contributed by atoms with van der Waals surface area (Å²) in [7, 11) is 1.63. The molecule has 0 saturated carbocycles. The van der Waals surface area contributed by atoms with Crippen molar-refractivity contribution < 1.29 is 4.74 Å². The van der Waals surface area contributed by atoms with Crippen LogP contribution in [-0.2, 0) is 5.88 Å². The van der Waals surface area contributed by atoms with Crippen molar-refractivity contribution >= 4 is 11.6 Å². The maximum absolute atomic E-state index is 5.68. The highest BCUT2D eigenvalue weighted by Crippen LogP contribution is 2.26. The molecule has 0 aliphatic carbocycles. The minimum Gasteiger partial charge on any atom is -0.496 e. The Balaban J connectivity index is 2.42. The molecule has 0 fully saturated rings. The Labute approximate surface area is 99.1 Å². The second-order valence-corrected chi connectivity index (χ2v) is 3.52. The van der Waals surface area contributed by atoms with Gasteiger partial charge in [-0.25, -0.2) is 9.97 Å². The van der Waals surface area contributed by atoms with Gasteiger partial charge >= 0.3 is 0 Å². The van der Waals surface area contributed by atoms with Crippen LogP contribution in [0.15, 0.2) is 36.7 Å². The Morgan fingerprint density at radius 1 is 1.19 bits per heavy atom. The predicted molar refractivity (Wildman–Crippen MR) is 63.6 cm³/mol. The number of aromatic nitrogens is 2. The van der Waals surface area contributed by atoms with Crippen molar-refractivity contribution in [3.05, 3.63) is 42.2 Å². The van der Waals surface area contributed by atoms with Crippen molar-refractivity contribution in [1.82, 2.24) is 9.97 Å². The van der Waals surface area contributed by atoms with Gasteiger partial charge in [-0.05, 0) is 12.1 Å². The Hall–Kier alpha value is -1.61. The molecule has 0 N–H and O–H groups in total. The SMILES string of the molecule is COc1ccccc1-c1ncc(CCl)cn1. The van der Waals surface area contributed by atoms with Crippen molar-refractivity contribution in [3.63, 3.8) is 0 Å². The summed E-state index contributed by atoms with van der Waals surface area (Å²) < 4.78 is 5.25. The first kappa shape index (κ1) is 10.9. The zero-order valence-electron chi connectivity index (χ0n) is 8.85. The van der Waals surface area contributed by atoms with Gasteiger partial charge in [-0.1, -0.05) is 12.1 Å². The van der Waals surface area contributed by atoms with Gasteiger partial charge in [-0.15, -0.1) is 11.6 Å². The fraction of sp³-hybridized carbons (Fsp3) is 0.167. The van der Waals surface area contributed by atoms with Crippen molar-refractivity contribution in [2.24, 2.45) is 0 Å². The number of alkyl halides is 1. The molecule has 2 rings (SSSR count). The lowest BCUT2D eigenvalue weighted by Gasteiger charge is -2.06. The number of rotatable bonds is 3. The van der Waals surface area contributed by atoms with Gasteiger partial charge in [0.05, 0.1) is 18.6 Å². The summed E-state index contributed by atoms with van der Waals surface area (Å²) in [5, 5.41) is 0. The summed E-state index contributed by atoms with van der Waals surface area (Å²) in [4.78, 5) is 8.51. The van der Waals surface area contributed by atoms with Crippen LogP contribution in [0.25, 0.3) is 11.4 Å². The van der Waals surface area contributed by atoms with E-state index in [-0.39, 0.29) is 0 Å². The molecule has 0 amide bonds. The number of hydrogen-bond acceptors (Lipinski definition) is 3. The van der Waals surface area contributed by atoms with Crippen LogP contribution < -0.4 is 4.74 Å². The Morgan fingerprint density at radius 3 is 2.50 bits per heavy atom. The van der Waals surface area contributed by atoms with Crippen LogP contribution in [0.1, 0.15) is 5.56 Å². The average Bonchev–Trinajstić information content (AvgIpc) is 2.39. The number of ether oxygens (including phenoxy) is 1. The monoisotopic (exact) mass is 234 g/mol. The maximum atomic E-state index is 5.68. The summed E-state index contributed by atoms with van der Waals surface area (Å²) in [6.45, 7) is 0. The first-order chi connectivity index (χ1) is 7.85. The zero-order valence-corrected chi connectivity index (χ0v) is 9.61. The van der Waals surface area contributed by atoms with Crippen LogP contribution in [0, 0.1) is 0 Å². The molecule has 4 heteroatoms. The quantitative estimate of drug-likeness (QED) is 0.766. The standard InChI is InChI=1S/C12H11ClN2O/c1-16-11-5-3-2-4-10(11)12-14-7-9(6-13)8-15-12/h2-5,7-8H,6H2,1H3. The van der Waals surface area contributed by atoms with Crippen LogP contribution >= 0.6 is 11.6 Å². The van der Waals surface area contributed by atoms with E-state index in [2.05, 4.69) is 9.97 Å². The van der Waals surface area contributed by atoms with E-state index in [9.17, 15) is 0 Å². The summed E-state index contributed by atoms with van der Waals surface area (Å²) in [6.07, 6.45) is 3.45. The molecule has 1 aromatic heterocycles. The van der Waals surface area contributed by atoms with Crippen LogP contribution in [0.3, 0.4) is 0 Å². The predicted octanol–water partition coefficient (Wildman–Crippen LogP) is 2.89. The molecule has 0 radical (unpaired) electrons. The molecule has 0 aliphatic heterocycles. The molecule has 1 heterocycles. The fourth-order valence-corrected chi connectivity index (χ4v) is 1.53. The van der Waals surface area contributed by atoms with E-state index in [0.717, 1.165) is 16.9 Å². The van der Waals surface area contributed by atoms with E-state index in [4.69, 9.17) is 16.3 Å². The normalized spacial score (nSPS) is 10.1. The molecule has 0 bridgehead atoms. The van der Waals surface area contributed by atoms with E-state index in [1.165, 1.54) is 0 Å². The maximum Gasteiger partial charge on any atom is 0.162 e. The third kappa shape index (κ3) is 2.14. The molecule has 2 aromatic rings. The lowest BCUT2D eigenvalue weighted by molar-refractivity contribution is 0.416. The molecule has 1 aromatic carbocycles. The molecule has 3 nitrogen and oxygen atoms in total. The zero-order chi connectivity index (χ0) is 11.4. The number of para-hydroxylation sites is 1. The van der Waals surface area contributed by atoms with Gasteiger partial charge in [-0.3, -0.25) is 0 Å². The van der Waals surface area contributed by atoms with Crippen molar-refractivity contribution in [2.75, 3.05) is 7.11 Å².